The molecule has 4 atom stereocenters. The SMILES string of the molecule is C=O.CCCCCCCCCCCCCCCCCC(=O)OC[C@@H](O)[C@H]1OC[C@H](O)[C@H]1O. The number of rotatable bonds is 19. The van der Waals surface area contributed by atoms with Crippen LogP contribution in [0.4, 0.5) is 0 Å². The monoisotopic (exact) mass is 460 g/mol. The first-order chi connectivity index (χ1) is 15.6. The number of ether oxygens (including phenoxy) is 2. The van der Waals surface area contributed by atoms with Crippen LogP contribution in [-0.4, -0.2) is 65.7 Å². The lowest BCUT2D eigenvalue weighted by Gasteiger charge is -2.20. The van der Waals surface area contributed by atoms with E-state index in [4.69, 9.17) is 14.3 Å². The molecule has 190 valence electrons. The third-order valence-electron chi connectivity index (χ3n) is 5.97. The quantitative estimate of drug-likeness (QED) is 0.196. The van der Waals surface area contributed by atoms with Gasteiger partial charge in [-0.05, 0) is 6.42 Å². The lowest BCUT2D eigenvalue weighted by molar-refractivity contribution is -0.151. The van der Waals surface area contributed by atoms with Crippen molar-refractivity contribution < 1.29 is 34.4 Å². The molecule has 0 aromatic carbocycles. The Morgan fingerprint density at radius 3 is 1.72 bits per heavy atom. The fourth-order valence-corrected chi connectivity index (χ4v) is 3.95. The van der Waals surface area contributed by atoms with E-state index in [-0.39, 0.29) is 19.2 Å². The minimum atomic E-state index is -1.14. The Morgan fingerprint density at radius 1 is 0.875 bits per heavy atom. The van der Waals surface area contributed by atoms with E-state index in [1.807, 2.05) is 6.79 Å². The Hall–Kier alpha value is -1.02. The van der Waals surface area contributed by atoms with E-state index in [1.54, 1.807) is 0 Å². The molecule has 0 radical (unpaired) electrons. The van der Waals surface area contributed by atoms with Crippen LogP contribution in [0.5, 0.6) is 0 Å². The second kappa shape index (κ2) is 21.8. The van der Waals surface area contributed by atoms with E-state index in [0.29, 0.717) is 6.42 Å². The van der Waals surface area contributed by atoms with E-state index in [9.17, 15) is 20.1 Å². The first kappa shape index (κ1) is 31.0. The largest absolute Gasteiger partial charge is 0.463 e. The average Bonchev–Trinajstić information content (AvgIpc) is 3.14. The predicted octanol–water partition coefficient (Wildman–Crippen LogP) is 4.09. The molecule has 32 heavy (non-hydrogen) atoms. The van der Waals surface area contributed by atoms with Crippen LogP contribution in [-0.2, 0) is 19.1 Å². The van der Waals surface area contributed by atoms with Crippen molar-refractivity contribution in [3.8, 4) is 0 Å². The van der Waals surface area contributed by atoms with Crippen LogP contribution in [0.15, 0.2) is 0 Å². The molecule has 0 saturated carbocycles. The topological polar surface area (TPSA) is 113 Å². The van der Waals surface area contributed by atoms with Gasteiger partial charge in [0.25, 0.3) is 0 Å². The van der Waals surface area contributed by atoms with E-state index < -0.39 is 24.4 Å². The maximum Gasteiger partial charge on any atom is 0.305 e. The molecule has 1 aliphatic rings. The van der Waals surface area contributed by atoms with Gasteiger partial charge in [0.15, 0.2) is 0 Å². The summed E-state index contributed by atoms with van der Waals surface area (Å²) in [4.78, 5) is 19.8. The Kier molecular flexibility index (Phi) is 21.1. The summed E-state index contributed by atoms with van der Waals surface area (Å²) in [5, 5.41) is 29.0. The third kappa shape index (κ3) is 15.7. The molecule has 0 spiro atoms. The summed E-state index contributed by atoms with van der Waals surface area (Å²) >= 11 is 0. The fourth-order valence-electron chi connectivity index (χ4n) is 3.95. The van der Waals surface area contributed by atoms with Crippen LogP contribution in [0.2, 0.25) is 0 Å². The van der Waals surface area contributed by atoms with E-state index in [1.165, 1.54) is 77.0 Å². The summed E-state index contributed by atoms with van der Waals surface area (Å²) in [5.41, 5.74) is 0. The summed E-state index contributed by atoms with van der Waals surface area (Å²) < 4.78 is 10.2. The van der Waals surface area contributed by atoms with Crippen LogP contribution >= 0.6 is 0 Å². The number of hydrogen-bond acceptors (Lipinski definition) is 7. The zero-order valence-electron chi connectivity index (χ0n) is 20.2. The van der Waals surface area contributed by atoms with Crippen molar-refractivity contribution in [1.82, 2.24) is 0 Å². The summed E-state index contributed by atoms with van der Waals surface area (Å²) in [5.74, 6) is -0.336. The Morgan fingerprint density at radius 2 is 1.31 bits per heavy atom. The predicted molar refractivity (Wildman–Crippen MR) is 125 cm³/mol. The second-order valence-corrected chi connectivity index (χ2v) is 8.81. The minimum absolute atomic E-state index is 0.0179. The van der Waals surface area contributed by atoms with E-state index in [0.717, 1.165) is 19.3 Å². The van der Waals surface area contributed by atoms with Crippen molar-refractivity contribution in [2.45, 2.75) is 134 Å². The molecule has 1 aliphatic heterocycles. The molecule has 0 unspecified atom stereocenters. The maximum absolute atomic E-state index is 11.8. The van der Waals surface area contributed by atoms with Gasteiger partial charge in [-0.15, -0.1) is 0 Å². The van der Waals surface area contributed by atoms with Gasteiger partial charge in [-0.1, -0.05) is 96.8 Å². The molecule has 1 saturated heterocycles. The average molecular weight is 461 g/mol. The summed E-state index contributed by atoms with van der Waals surface area (Å²) in [6.07, 6.45) is 15.4. The van der Waals surface area contributed by atoms with Gasteiger partial charge in [-0.25, -0.2) is 0 Å². The van der Waals surface area contributed by atoms with E-state index >= 15 is 0 Å². The number of aliphatic hydroxyl groups excluding tert-OH is 3. The number of aliphatic hydroxyl groups is 3. The Bertz CT molecular complexity index is 433. The van der Waals surface area contributed by atoms with Gasteiger partial charge in [0.05, 0.1) is 6.61 Å². The second-order valence-electron chi connectivity index (χ2n) is 8.81. The summed E-state index contributed by atoms with van der Waals surface area (Å²) in [7, 11) is 0. The van der Waals surface area contributed by atoms with Gasteiger partial charge in [0.2, 0.25) is 0 Å². The van der Waals surface area contributed by atoms with Gasteiger partial charge >= 0.3 is 5.97 Å². The van der Waals surface area contributed by atoms with Gasteiger partial charge < -0.3 is 29.6 Å². The molecular formula is C25H48O7. The Balaban J connectivity index is 0.00000466. The molecule has 0 aromatic rings. The molecule has 1 fully saturated rings. The fraction of sp³-hybridized carbons (Fsp3) is 0.920. The zero-order valence-corrected chi connectivity index (χ0v) is 20.2. The highest BCUT2D eigenvalue weighted by molar-refractivity contribution is 5.69. The molecule has 0 bridgehead atoms. The van der Waals surface area contributed by atoms with E-state index in [2.05, 4.69) is 6.92 Å². The molecule has 3 N–H and O–H groups in total. The van der Waals surface area contributed by atoms with Crippen molar-refractivity contribution in [2.24, 2.45) is 0 Å². The van der Waals surface area contributed by atoms with Gasteiger partial charge in [0, 0.05) is 6.42 Å². The molecule has 0 amide bonds. The molecule has 7 nitrogen and oxygen atoms in total. The van der Waals surface area contributed by atoms with Crippen molar-refractivity contribution in [1.29, 1.82) is 0 Å². The molecular weight excluding hydrogens is 412 g/mol. The lowest BCUT2D eigenvalue weighted by atomic mass is 10.0. The normalized spacial score (nSPS) is 21.1. The number of carbonyl (C=O) groups excluding carboxylic acids is 2. The third-order valence-corrected chi connectivity index (χ3v) is 5.97. The standard InChI is InChI=1S/C24H46O6.CH2O/c1-2-3-4-5-6-7-8-9-10-11-12-13-14-15-16-17-22(27)29-19-21(26)24-23(28)20(25)18-30-24;1-2/h20-21,23-26,28H,2-19H2,1H3;1H2/t20-,21+,23+,24+;/m0./s1. The van der Waals surface area contributed by atoms with Crippen LogP contribution in [0.1, 0.15) is 110 Å². The van der Waals surface area contributed by atoms with Crippen molar-refractivity contribution in [3.05, 3.63) is 0 Å². The van der Waals surface area contributed by atoms with Crippen molar-refractivity contribution in [3.63, 3.8) is 0 Å². The summed E-state index contributed by atoms with van der Waals surface area (Å²) in [6.45, 7) is 4.03. The van der Waals surface area contributed by atoms with Crippen LogP contribution < -0.4 is 0 Å². The number of unbranched alkanes of at least 4 members (excludes halogenated alkanes) is 14. The molecule has 7 heteroatoms. The number of hydrogen-bond donors (Lipinski definition) is 3. The van der Waals surface area contributed by atoms with Crippen LogP contribution in [0.3, 0.4) is 0 Å². The highest BCUT2D eigenvalue weighted by Gasteiger charge is 2.39. The number of esters is 1. The number of carbonyl (C=O) groups is 2. The van der Waals surface area contributed by atoms with Crippen LogP contribution in [0.25, 0.3) is 0 Å². The minimum Gasteiger partial charge on any atom is -0.463 e. The first-order valence-corrected chi connectivity index (χ1v) is 12.7. The zero-order chi connectivity index (χ0) is 24.0. The summed E-state index contributed by atoms with van der Waals surface area (Å²) in [6, 6.07) is 0. The van der Waals surface area contributed by atoms with Gasteiger partial charge in [0.1, 0.15) is 37.8 Å². The lowest BCUT2D eigenvalue weighted by Crippen LogP contribution is -2.41. The van der Waals surface area contributed by atoms with Crippen molar-refractivity contribution in [2.75, 3.05) is 13.2 Å². The first-order valence-electron chi connectivity index (χ1n) is 12.7. The smallest absolute Gasteiger partial charge is 0.305 e. The highest BCUT2D eigenvalue weighted by atomic mass is 16.6. The van der Waals surface area contributed by atoms with Gasteiger partial charge in [-0.3, -0.25) is 4.79 Å². The van der Waals surface area contributed by atoms with Crippen LogP contribution in [0, 0.1) is 0 Å². The molecule has 1 heterocycles. The molecule has 1 rings (SSSR count). The molecule has 0 aromatic heterocycles. The van der Waals surface area contributed by atoms with Crippen molar-refractivity contribution >= 4 is 12.8 Å². The Labute approximate surface area is 194 Å². The maximum atomic E-state index is 11.8. The van der Waals surface area contributed by atoms with Gasteiger partial charge in [-0.2, -0.15) is 0 Å². The highest BCUT2D eigenvalue weighted by Crippen LogP contribution is 2.18. The molecule has 0 aliphatic carbocycles.